The third kappa shape index (κ3) is 8.51. The Balaban J connectivity index is 2.01. The lowest BCUT2D eigenvalue weighted by atomic mass is 10.0. The van der Waals surface area contributed by atoms with E-state index in [9.17, 15) is 9.59 Å². The van der Waals surface area contributed by atoms with Gasteiger partial charge >= 0.3 is 0 Å². The zero-order valence-electron chi connectivity index (χ0n) is 20.1. The summed E-state index contributed by atoms with van der Waals surface area (Å²) in [5.41, 5.74) is 2.67. The second-order valence-electron chi connectivity index (χ2n) is 7.57. The molecule has 2 aromatic carbocycles. The highest BCUT2D eigenvalue weighted by Crippen LogP contribution is 2.26. The van der Waals surface area contributed by atoms with E-state index in [0.717, 1.165) is 24.0 Å². The summed E-state index contributed by atoms with van der Waals surface area (Å²) < 4.78 is 17.0. The fourth-order valence-corrected chi connectivity index (χ4v) is 3.47. The Labute approximate surface area is 196 Å². The largest absolute Gasteiger partial charge is 0.492 e. The van der Waals surface area contributed by atoms with Crippen LogP contribution in [0.25, 0.3) is 0 Å². The van der Waals surface area contributed by atoms with E-state index in [1.165, 1.54) is 0 Å². The van der Waals surface area contributed by atoms with Crippen LogP contribution in [0, 0.1) is 6.92 Å². The predicted octanol–water partition coefficient (Wildman–Crippen LogP) is 3.89. The average Bonchev–Trinajstić information content (AvgIpc) is 2.82. The molecule has 0 spiro atoms. The van der Waals surface area contributed by atoms with Crippen molar-refractivity contribution in [2.75, 3.05) is 33.4 Å². The Bertz CT molecular complexity index is 880. The molecule has 0 aromatic heterocycles. The van der Waals surface area contributed by atoms with E-state index in [1.807, 2.05) is 51.1 Å². The molecular weight excluding hydrogens is 420 g/mol. The number of aryl methyl sites for hydroxylation is 1. The molecule has 0 radical (unpaired) electrons. The van der Waals surface area contributed by atoms with Gasteiger partial charge in [-0.15, -0.1) is 0 Å². The summed E-state index contributed by atoms with van der Waals surface area (Å²) in [5.74, 6) is -0.0275. The Morgan fingerprint density at radius 2 is 1.70 bits per heavy atom. The van der Waals surface area contributed by atoms with Gasteiger partial charge < -0.3 is 24.8 Å². The molecule has 2 aromatic rings. The van der Waals surface area contributed by atoms with E-state index in [4.69, 9.17) is 14.2 Å². The van der Waals surface area contributed by atoms with Crippen molar-refractivity contribution in [1.82, 2.24) is 10.6 Å². The molecule has 2 N–H and O–H groups in total. The summed E-state index contributed by atoms with van der Waals surface area (Å²) in [6.07, 6.45) is 1.88. The number of ether oxygens (including phenoxy) is 3. The molecule has 33 heavy (non-hydrogen) atoms. The first-order valence-electron chi connectivity index (χ1n) is 11.5. The molecule has 0 unspecified atom stereocenters. The van der Waals surface area contributed by atoms with Gasteiger partial charge in [0.05, 0.1) is 12.2 Å². The van der Waals surface area contributed by atoms with Crippen LogP contribution in [0.2, 0.25) is 0 Å². The number of rotatable bonds is 14. The standard InChI is InChI=1S/C26H36N2O5/c1-5-31-23(32-6-2)13-10-15-28-25(29)21-17-19(3)24(22(18-21)26(30)27-4)33-16-14-20-11-8-7-9-12-20/h7-9,11-12,17-18,23H,5-6,10,13-16H2,1-4H3,(H,27,30)(H,28,29). The van der Waals surface area contributed by atoms with Crippen molar-refractivity contribution < 1.29 is 23.8 Å². The van der Waals surface area contributed by atoms with Crippen LogP contribution in [-0.2, 0) is 15.9 Å². The summed E-state index contributed by atoms with van der Waals surface area (Å²) in [5, 5.41) is 5.54. The van der Waals surface area contributed by atoms with Gasteiger partial charge in [0.15, 0.2) is 6.29 Å². The first-order chi connectivity index (χ1) is 16.0. The van der Waals surface area contributed by atoms with Gasteiger partial charge in [0.25, 0.3) is 11.8 Å². The topological polar surface area (TPSA) is 85.9 Å². The van der Waals surface area contributed by atoms with Crippen molar-refractivity contribution in [3.63, 3.8) is 0 Å². The van der Waals surface area contributed by atoms with Crippen molar-refractivity contribution in [2.24, 2.45) is 0 Å². The molecule has 7 nitrogen and oxygen atoms in total. The van der Waals surface area contributed by atoms with E-state index in [2.05, 4.69) is 10.6 Å². The Morgan fingerprint density at radius 3 is 2.33 bits per heavy atom. The number of benzene rings is 2. The number of hydrogen-bond acceptors (Lipinski definition) is 5. The maximum Gasteiger partial charge on any atom is 0.254 e. The van der Waals surface area contributed by atoms with Crippen molar-refractivity contribution in [1.29, 1.82) is 0 Å². The van der Waals surface area contributed by atoms with Crippen LogP contribution in [0.4, 0.5) is 0 Å². The monoisotopic (exact) mass is 456 g/mol. The molecule has 0 bridgehead atoms. The van der Waals surface area contributed by atoms with E-state index >= 15 is 0 Å². The lowest BCUT2D eigenvalue weighted by Gasteiger charge is -2.17. The molecule has 0 aliphatic carbocycles. The van der Waals surface area contributed by atoms with Crippen LogP contribution in [0.5, 0.6) is 5.75 Å². The van der Waals surface area contributed by atoms with Crippen molar-refractivity contribution in [3.8, 4) is 5.75 Å². The molecule has 2 amide bonds. The van der Waals surface area contributed by atoms with Gasteiger partial charge in [0.1, 0.15) is 5.75 Å². The minimum atomic E-state index is -0.293. The zero-order chi connectivity index (χ0) is 24.1. The van der Waals surface area contributed by atoms with E-state index in [0.29, 0.717) is 49.7 Å². The average molecular weight is 457 g/mol. The first kappa shape index (κ1) is 26.4. The Hall–Kier alpha value is -2.90. The Morgan fingerprint density at radius 1 is 1.00 bits per heavy atom. The molecular formula is C26H36N2O5. The van der Waals surface area contributed by atoms with Crippen LogP contribution in [0.1, 0.15) is 58.5 Å². The molecule has 0 saturated carbocycles. The molecule has 0 aliphatic heterocycles. The first-order valence-corrected chi connectivity index (χ1v) is 11.5. The summed E-state index contributed by atoms with van der Waals surface area (Å²) in [6, 6.07) is 13.3. The molecule has 180 valence electrons. The molecule has 2 rings (SSSR count). The zero-order valence-corrected chi connectivity index (χ0v) is 20.1. The highest BCUT2D eigenvalue weighted by atomic mass is 16.7. The maximum absolute atomic E-state index is 12.7. The van der Waals surface area contributed by atoms with Crippen LogP contribution in [-0.4, -0.2) is 51.5 Å². The Kier molecular flexibility index (Phi) is 11.4. The molecule has 0 aliphatic rings. The molecule has 0 atom stereocenters. The van der Waals surface area contributed by atoms with Crippen LogP contribution in [0.15, 0.2) is 42.5 Å². The predicted molar refractivity (Wildman–Crippen MR) is 129 cm³/mol. The molecule has 0 heterocycles. The van der Waals surface area contributed by atoms with Crippen molar-refractivity contribution in [2.45, 2.75) is 46.3 Å². The van der Waals surface area contributed by atoms with E-state index in [-0.39, 0.29) is 18.1 Å². The second kappa shape index (κ2) is 14.3. The van der Waals surface area contributed by atoms with Gasteiger partial charge in [0.2, 0.25) is 0 Å². The minimum absolute atomic E-state index is 0.233. The van der Waals surface area contributed by atoms with E-state index in [1.54, 1.807) is 19.2 Å². The van der Waals surface area contributed by atoms with Crippen molar-refractivity contribution in [3.05, 3.63) is 64.7 Å². The highest BCUT2D eigenvalue weighted by Gasteiger charge is 2.19. The third-order valence-corrected chi connectivity index (χ3v) is 5.10. The molecule has 0 fully saturated rings. The number of hydrogen-bond donors (Lipinski definition) is 2. The van der Waals surface area contributed by atoms with Gasteiger partial charge in [-0.25, -0.2) is 0 Å². The number of amides is 2. The third-order valence-electron chi connectivity index (χ3n) is 5.10. The van der Waals surface area contributed by atoms with Gasteiger partial charge in [-0.1, -0.05) is 30.3 Å². The number of carbonyl (C=O) groups excluding carboxylic acids is 2. The fourth-order valence-electron chi connectivity index (χ4n) is 3.47. The lowest BCUT2D eigenvalue weighted by Crippen LogP contribution is -2.27. The second-order valence-corrected chi connectivity index (χ2v) is 7.57. The SMILES string of the molecule is CCOC(CCCNC(=O)c1cc(C)c(OCCc2ccccc2)c(C(=O)NC)c1)OCC. The quantitative estimate of drug-likeness (QED) is 0.333. The highest BCUT2D eigenvalue weighted by molar-refractivity contribution is 6.02. The van der Waals surface area contributed by atoms with Gasteiger partial charge in [-0.05, 0) is 50.5 Å². The minimum Gasteiger partial charge on any atom is -0.492 e. The van der Waals surface area contributed by atoms with Gasteiger partial charge in [0, 0.05) is 45.2 Å². The normalized spacial score (nSPS) is 10.8. The lowest BCUT2D eigenvalue weighted by molar-refractivity contribution is -0.139. The van der Waals surface area contributed by atoms with Crippen molar-refractivity contribution >= 4 is 11.8 Å². The summed E-state index contributed by atoms with van der Waals surface area (Å²) in [6.45, 7) is 7.78. The number of nitrogens with one attached hydrogen (secondary N) is 2. The smallest absolute Gasteiger partial charge is 0.254 e. The van der Waals surface area contributed by atoms with E-state index < -0.39 is 0 Å². The van der Waals surface area contributed by atoms with Crippen LogP contribution >= 0.6 is 0 Å². The van der Waals surface area contributed by atoms with Crippen LogP contribution in [0.3, 0.4) is 0 Å². The van der Waals surface area contributed by atoms with Crippen LogP contribution < -0.4 is 15.4 Å². The van der Waals surface area contributed by atoms with Gasteiger partial charge in [-0.3, -0.25) is 9.59 Å². The fraction of sp³-hybridized carbons (Fsp3) is 0.462. The maximum atomic E-state index is 12.7. The summed E-state index contributed by atoms with van der Waals surface area (Å²) in [7, 11) is 1.56. The summed E-state index contributed by atoms with van der Waals surface area (Å²) in [4.78, 5) is 25.2. The molecule has 7 heteroatoms. The summed E-state index contributed by atoms with van der Waals surface area (Å²) >= 11 is 0. The van der Waals surface area contributed by atoms with Gasteiger partial charge in [-0.2, -0.15) is 0 Å². The molecule has 0 saturated heterocycles. The number of carbonyl (C=O) groups is 2.